The first-order valence-electron chi connectivity index (χ1n) is 6.73. The van der Waals surface area contributed by atoms with E-state index >= 15 is 0 Å². The zero-order valence-electron chi connectivity index (χ0n) is 12.1. The SMILES string of the molecule is CC(=O)NCCn1cc(-c2ccccc2)c(C(C)(F)P)n1. The highest BCUT2D eigenvalue weighted by molar-refractivity contribution is 7.18. The Morgan fingerprint density at radius 3 is 2.67 bits per heavy atom. The van der Waals surface area contributed by atoms with Gasteiger partial charge in [0.05, 0.1) is 6.54 Å². The Balaban J connectivity index is 2.30. The summed E-state index contributed by atoms with van der Waals surface area (Å²) in [6, 6.07) is 9.59. The Hall–Kier alpha value is -1.74. The number of hydrogen-bond donors (Lipinski definition) is 1. The van der Waals surface area contributed by atoms with E-state index < -0.39 is 5.41 Å². The molecule has 0 radical (unpaired) electrons. The summed E-state index contributed by atoms with van der Waals surface area (Å²) in [6.45, 7) is 3.89. The van der Waals surface area contributed by atoms with Crippen molar-refractivity contribution in [3.05, 3.63) is 42.2 Å². The second-order valence-corrected chi connectivity index (χ2v) is 6.16. The van der Waals surface area contributed by atoms with Crippen molar-refractivity contribution in [1.82, 2.24) is 15.1 Å². The third kappa shape index (κ3) is 4.11. The molecular formula is C15H19FN3OP. The lowest BCUT2D eigenvalue weighted by Crippen LogP contribution is -2.24. The largest absolute Gasteiger partial charge is 0.354 e. The molecule has 2 unspecified atom stereocenters. The van der Waals surface area contributed by atoms with Gasteiger partial charge in [-0.15, -0.1) is 0 Å². The summed E-state index contributed by atoms with van der Waals surface area (Å²) in [5.74, 6) is -0.0907. The van der Waals surface area contributed by atoms with E-state index in [1.165, 1.54) is 13.8 Å². The number of nitrogens with zero attached hydrogens (tertiary/aromatic N) is 2. The van der Waals surface area contributed by atoms with Gasteiger partial charge in [-0.1, -0.05) is 39.6 Å². The molecule has 2 atom stereocenters. The number of amides is 1. The number of benzene rings is 1. The lowest BCUT2D eigenvalue weighted by molar-refractivity contribution is -0.118. The van der Waals surface area contributed by atoms with Crippen LogP contribution in [0.1, 0.15) is 19.5 Å². The summed E-state index contributed by atoms with van der Waals surface area (Å²) < 4.78 is 16.0. The first-order chi connectivity index (χ1) is 9.88. The van der Waals surface area contributed by atoms with Crippen LogP contribution in [0.3, 0.4) is 0 Å². The van der Waals surface area contributed by atoms with Crippen LogP contribution >= 0.6 is 9.24 Å². The van der Waals surface area contributed by atoms with E-state index in [2.05, 4.69) is 19.7 Å². The zero-order valence-corrected chi connectivity index (χ0v) is 13.3. The van der Waals surface area contributed by atoms with Gasteiger partial charge in [-0.2, -0.15) is 5.10 Å². The lowest BCUT2D eigenvalue weighted by atomic mass is 10.0. The molecule has 21 heavy (non-hydrogen) atoms. The Kier molecular flexibility index (Phi) is 4.73. The average Bonchev–Trinajstić information content (AvgIpc) is 2.83. The molecule has 0 saturated heterocycles. The molecule has 2 rings (SSSR count). The van der Waals surface area contributed by atoms with Gasteiger partial charge in [-0.25, -0.2) is 4.39 Å². The number of halogens is 1. The number of rotatable bonds is 5. The average molecular weight is 307 g/mol. The molecule has 0 fully saturated rings. The van der Waals surface area contributed by atoms with Crippen molar-refractivity contribution >= 4 is 15.1 Å². The number of alkyl halides is 1. The van der Waals surface area contributed by atoms with Crippen LogP contribution in [-0.2, 0) is 16.7 Å². The van der Waals surface area contributed by atoms with Crippen molar-refractivity contribution in [1.29, 1.82) is 0 Å². The topological polar surface area (TPSA) is 46.9 Å². The monoisotopic (exact) mass is 307 g/mol. The second-order valence-electron chi connectivity index (χ2n) is 5.08. The summed E-state index contributed by atoms with van der Waals surface area (Å²) in [6.07, 6.45) is 1.81. The van der Waals surface area contributed by atoms with Crippen molar-refractivity contribution < 1.29 is 9.18 Å². The molecule has 6 heteroatoms. The molecular weight excluding hydrogens is 288 g/mol. The van der Waals surface area contributed by atoms with Crippen LogP contribution in [0.4, 0.5) is 4.39 Å². The summed E-state index contributed by atoms with van der Waals surface area (Å²) in [5, 5.41) is 5.42. The highest BCUT2D eigenvalue weighted by Crippen LogP contribution is 2.37. The van der Waals surface area contributed by atoms with Gasteiger partial charge in [-0.05, 0) is 12.5 Å². The van der Waals surface area contributed by atoms with E-state index in [0.717, 1.165) is 11.1 Å². The van der Waals surface area contributed by atoms with E-state index in [-0.39, 0.29) is 5.91 Å². The number of carbonyl (C=O) groups excluding carboxylic acids is 1. The molecule has 0 aliphatic carbocycles. The minimum atomic E-state index is -1.61. The van der Waals surface area contributed by atoms with E-state index in [0.29, 0.717) is 18.8 Å². The van der Waals surface area contributed by atoms with Crippen LogP contribution in [0.2, 0.25) is 0 Å². The molecule has 1 aromatic heterocycles. The third-order valence-corrected chi connectivity index (χ3v) is 3.30. The predicted octanol–water partition coefficient (Wildman–Crippen LogP) is 2.70. The maximum absolute atomic E-state index is 14.3. The fraction of sp³-hybridized carbons (Fsp3) is 0.333. The van der Waals surface area contributed by atoms with Crippen molar-refractivity contribution in [2.75, 3.05) is 6.54 Å². The summed E-state index contributed by atoms with van der Waals surface area (Å²) in [4.78, 5) is 10.9. The van der Waals surface area contributed by atoms with Crippen LogP contribution < -0.4 is 5.32 Å². The Bertz CT molecular complexity index is 620. The van der Waals surface area contributed by atoms with Crippen LogP contribution in [-0.4, -0.2) is 22.2 Å². The van der Waals surface area contributed by atoms with E-state index in [4.69, 9.17) is 0 Å². The number of nitrogens with one attached hydrogen (secondary N) is 1. The van der Waals surface area contributed by atoms with Gasteiger partial charge < -0.3 is 5.32 Å². The normalized spacial score (nSPS) is 13.7. The maximum Gasteiger partial charge on any atom is 0.216 e. The van der Waals surface area contributed by atoms with Crippen LogP contribution in [0, 0.1) is 0 Å². The van der Waals surface area contributed by atoms with Gasteiger partial charge in [0.15, 0.2) is 5.41 Å². The van der Waals surface area contributed by atoms with Crippen LogP contribution in [0.25, 0.3) is 11.1 Å². The molecule has 2 aromatic rings. The molecule has 112 valence electrons. The molecule has 0 aliphatic rings. The maximum atomic E-state index is 14.3. The summed E-state index contributed by atoms with van der Waals surface area (Å²) in [5.41, 5.74) is 2.06. The smallest absolute Gasteiger partial charge is 0.216 e. The quantitative estimate of drug-likeness (QED) is 0.863. The third-order valence-electron chi connectivity index (χ3n) is 3.02. The molecule has 0 bridgehead atoms. The number of aromatic nitrogens is 2. The summed E-state index contributed by atoms with van der Waals surface area (Å²) in [7, 11) is 2.18. The van der Waals surface area contributed by atoms with Crippen LogP contribution in [0.15, 0.2) is 36.5 Å². The van der Waals surface area contributed by atoms with Crippen molar-refractivity contribution in [3.8, 4) is 11.1 Å². The molecule has 0 saturated carbocycles. The number of hydrogen-bond acceptors (Lipinski definition) is 2. The molecule has 1 N–H and O–H groups in total. The fourth-order valence-electron chi connectivity index (χ4n) is 2.07. The number of carbonyl (C=O) groups is 1. The molecule has 1 heterocycles. The van der Waals surface area contributed by atoms with Gasteiger partial charge in [0.1, 0.15) is 5.69 Å². The Labute approximate surface area is 125 Å². The van der Waals surface area contributed by atoms with Crippen LogP contribution in [0.5, 0.6) is 0 Å². The predicted molar refractivity (Wildman–Crippen MR) is 84.5 cm³/mol. The summed E-state index contributed by atoms with van der Waals surface area (Å²) >= 11 is 0. The molecule has 4 nitrogen and oxygen atoms in total. The minimum absolute atomic E-state index is 0.0907. The first-order valence-corrected chi connectivity index (χ1v) is 7.31. The van der Waals surface area contributed by atoms with Crippen molar-refractivity contribution in [2.24, 2.45) is 0 Å². The molecule has 1 amide bonds. The highest BCUT2D eigenvalue weighted by Gasteiger charge is 2.27. The highest BCUT2D eigenvalue weighted by atomic mass is 31.0. The molecule has 0 aliphatic heterocycles. The van der Waals surface area contributed by atoms with Gasteiger partial charge >= 0.3 is 0 Å². The van der Waals surface area contributed by atoms with Gasteiger partial charge in [0.2, 0.25) is 5.91 Å². The Morgan fingerprint density at radius 2 is 2.10 bits per heavy atom. The van der Waals surface area contributed by atoms with Gasteiger partial charge in [-0.3, -0.25) is 9.48 Å². The van der Waals surface area contributed by atoms with E-state index in [1.54, 1.807) is 4.68 Å². The minimum Gasteiger partial charge on any atom is -0.354 e. The second kappa shape index (κ2) is 6.35. The van der Waals surface area contributed by atoms with E-state index in [1.807, 2.05) is 36.5 Å². The molecule has 0 spiro atoms. The van der Waals surface area contributed by atoms with E-state index in [9.17, 15) is 9.18 Å². The van der Waals surface area contributed by atoms with Gasteiger partial charge in [0.25, 0.3) is 0 Å². The standard InChI is InChI=1S/C15H19FN3OP/c1-11(20)17-8-9-19-10-13(12-6-4-3-5-7-12)14(18-19)15(2,16)21/h3-7,10H,8-9,21H2,1-2H3,(H,17,20). The van der Waals surface area contributed by atoms with Gasteiger partial charge in [0, 0.05) is 25.2 Å². The first kappa shape index (κ1) is 15.6. The molecule has 1 aromatic carbocycles. The van der Waals surface area contributed by atoms with Crippen molar-refractivity contribution in [2.45, 2.75) is 25.8 Å². The fourth-order valence-corrected chi connectivity index (χ4v) is 2.29. The zero-order chi connectivity index (χ0) is 15.5. The lowest BCUT2D eigenvalue weighted by Gasteiger charge is -2.13. The Morgan fingerprint density at radius 1 is 1.43 bits per heavy atom. The van der Waals surface area contributed by atoms with Crippen molar-refractivity contribution in [3.63, 3.8) is 0 Å².